The highest BCUT2D eigenvalue weighted by molar-refractivity contribution is 5.95. The minimum absolute atomic E-state index is 0.0237. The second-order valence-electron chi connectivity index (χ2n) is 8.72. The molecule has 0 rings (SSSR count). The number of carboxylic acid groups (broad SMARTS) is 1. The number of nitrogens with one attached hydrogen (secondary N) is 3. The zero-order valence-corrected chi connectivity index (χ0v) is 20.2. The van der Waals surface area contributed by atoms with E-state index in [1.54, 1.807) is 0 Å². The van der Waals surface area contributed by atoms with Crippen LogP contribution in [0.2, 0.25) is 0 Å². The van der Waals surface area contributed by atoms with Crippen LogP contribution in [-0.2, 0) is 28.8 Å². The van der Waals surface area contributed by atoms with Gasteiger partial charge in [-0.15, -0.1) is 0 Å². The number of hydrogen-bond acceptors (Lipinski definition) is 8. The Morgan fingerprint density at radius 2 is 1.31 bits per heavy atom. The molecule has 0 saturated heterocycles. The lowest BCUT2D eigenvalue weighted by Crippen LogP contribution is -2.57. The molecule has 0 bridgehead atoms. The van der Waals surface area contributed by atoms with Crippen molar-refractivity contribution in [2.75, 3.05) is 6.54 Å². The lowest BCUT2D eigenvalue weighted by Gasteiger charge is -2.26. The molecule has 0 aliphatic heterocycles. The highest BCUT2D eigenvalue weighted by atomic mass is 16.4. The van der Waals surface area contributed by atoms with Crippen LogP contribution in [0.15, 0.2) is 0 Å². The van der Waals surface area contributed by atoms with E-state index in [9.17, 15) is 33.9 Å². The molecule has 35 heavy (non-hydrogen) atoms. The largest absolute Gasteiger partial charge is 0.480 e. The van der Waals surface area contributed by atoms with Crippen LogP contribution in [0.5, 0.6) is 0 Å². The zero-order valence-electron chi connectivity index (χ0n) is 20.2. The summed E-state index contributed by atoms with van der Waals surface area (Å²) in [7, 11) is 0. The molecule has 0 radical (unpaired) electrons. The van der Waals surface area contributed by atoms with Gasteiger partial charge in [0, 0.05) is 6.42 Å². The van der Waals surface area contributed by atoms with Gasteiger partial charge < -0.3 is 44.0 Å². The fourth-order valence-electron chi connectivity index (χ4n) is 3.12. The summed E-state index contributed by atoms with van der Waals surface area (Å²) >= 11 is 0. The highest BCUT2D eigenvalue weighted by Gasteiger charge is 2.31. The lowest BCUT2D eigenvalue weighted by molar-refractivity contribution is -0.144. The van der Waals surface area contributed by atoms with E-state index in [4.69, 9.17) is 22.9 Å². The van der Waals surface area contributed by atoms with E-state index in [1.165, 1.54) is 0 Å². The number of primary amides is 2. The van der Waals surface area contributed by atoms with Crippen molar-refractivity contribution in [2.24, 2.45) is 28.9 Å². The van der Waals surface area contributed by atoms with Gasteiger partial charge in [0.05, 0.1) is 12.5 Å². The molecule has 12 N–H and O–H groups in total. The molecule has 0 fully saturated rings. The van der Waals surface area contributed by atoms with Crippen molar-refractivity contribution in [3.05, 3.63) is 0 Å². The highest BCUT2D eigenvalue weighted by Crippen LogP contribution is 2.08. The summed E-state index contributed by atoms with van der Waals surface area (Å²) in [5.41, 5.74) is 21.5. The molecule has 0 aromatic rings. The van der Waals surface area contributed by atoms with Gasteiger partial charge >= 0.3 is 5.97 Å². The maximum Gasteiger partial charge on any atom is 0.326 e. The normalized spacial score (nSPS) is 14.3. The van der Waals surface area contributed by atoms with Crippen LogP contribution < -0.4 is 38.9 Å². The van der Waals surface area contributed by atoms with Crippen LogP contribution >= 0.6 is 0 Å². The molecular weight excluding hydrogens is 462 g/mol. The van der Waals surface area contributed by atoms with Gasteiger partial charge in [-0.25, -0.2) is 4.79 Å². The van der Waals surface area contributed by atoms with Crippen LogP contribution in [0.3, 0.4) is 0 Å². The number of unbranched alkanes of at least 4 members (excludes halogenated alkanes) is 1. The summed E-state index contributed by atoms with van der Waals surface area (Å²) < 4.78 is 0. The summed E-state index contributed by atoms with van der Waals surface area (Å²) in [4.78, 5) is 71.9. The first-order valence-electron chi connectivity index (χ1n) is 11.4. The van der Waals surface area contributed by atoms with Crippen molar-refractivity contribution in [3.8, 4) is 0 Å². The number of carbonyl (C=O) groups is 6. The van der Waals surface area contributed by atoms with Gasteiger partial charge in [0.15, 0.2) is 0 Å². The minimum Gasteiger partial charge on any atom is -0.480 e. The van der Waals surface area contributed by atoms with Crippen LogP contribution in [0.25, 0.3) is 0 Å². The van der Waals surface area contributed by atoms with Crippen molar-refractivity contribution in [3.63, 3.8) is 0 Å². The van der Waals surface area contributed by atoms with Crippen molar-refractivity contribution in [2.45, 2.75) is 83.0 Å². The zero-order chi connectivity index (χ0) is 27.1. The number of aliphatic carboxylic acids is 1. The van der Waals surface area contributed by atoms with Crippen molar-refractivity contribution >= 4 is 35.5 Å². The molecule has 0 aliphatic rings. The van der Waals surface area contributed by atoms with Crippen molar-refractivity contribution in [1.29, 1.82) is 0 Å². The monoisotopic (exact) mass is 501 g/mol. The quantitative estimate of drug-likeness (QED) is 0.0898. The Bertz CT molecular complexity index is 760. The van der Waals surface area contributed by atoms with E-state index < -0.39 is 66.1 Å². The third kappa shape index (κ3) is 13.9. The van der Waals surface area contributed by atoms with Gasteiger partial charge in [0.1, 0.15) is 18.1 Å². The summed E-state index contributed by atoms with van der Waals surface area (Å²) in [6, 6.07) is -4.91. The third-order valence-electron chi connectivity index (χ3n) is 4.98. The topological polar surface area (TPSA) is 263 Å². The van der Waals surface area contributed by atoms with E-state index in [0.717, 1.165) is 0 Å². The number of amides is 5. The first-order valence-corrected chi connectivity index (χ1v) is 11.4. The lowest BCUT2D eigenvalue weighted by atomic mass is 10.0. The molecule has 200 valence electrons. The van der Waals surface area contributed by atoms with Gasteiger partial charge in [0.25, 0.3) is 0 Å². The Morgan fingerprint density at radius 1 is 0.771 bits per heavy atom. The SMILES string of the molecule is CC(C)CC(NC(=O)C(N)CCCCN)C(=O)NC(CCC(N)=O)C(=O)NC(CC(N)=O)C(=O)O. The van der Waals surface area contributed by atoms with E-state index in [-0.39, 0.29) is 25.2 Å². The molecule has 0 aromatic carbocycles. The summed E-state index contributed by atoms with van der Waals surface area (Å²) in [6.07, 6.45) is 0.718. The number of nitrogens with two attached hydrogens (primary N) is 4. The average molecular weight is 502 g/mol. The Hall–Kier alpha value is -3.26. The van der Waals surface area contributed by atoms with Gasteiger partial charge in [0.2, 0.25) is 29.5 Å². The number of carbonyl (C=O) groups excluding carboxylic acids is 5. The molecule has 0 aromatic heterocycles. The molecule has 4 unspecified atom stereocenters. The van der Waals surface area contributed by atoms with Crippen LogP contribution in [0, 0.1) is 5.92 Å². The second kappa shape index (κ2) is 16.4. The fourth-order valence-corrected chi connectivity index (χ4v) is 3.12. The van der Waals surface area contributed by atoms with Gasteiger partial charge in [-0.05, 0) is 38.1 Å². The van der Waals surface area contributed by atoms with E-state index in [0.29, 0.717) is 25.8 Å². The standard InChI is InChI=1S/C21H39N7O7/c1-11(2)9-14(27-18(31)12(23)5-3-4-8-22)20(33)26-13(6-7-16(24)29)19(32)28-15(21(34)35)10-17(25)30/h11-15H,3-10,22-23H2,1-2H3,(H2,24,29)(H2,25,30)(H,26,33)(H,27,31)(H,28,32)(H,34,35). The first-order chi connectivity index (χ1) is 16.3. The molecule has 4 atom stereocenters. The van der Waals surface area contributed by atoms with Gasteiger partial charge in [-0.2, -0.15) is 0 Å². The van der Waals surface area contributed by atoms with Crippen molar-refractivity contribution in [1.82, 2.24) is 16.0 Å². The van der Waals surface area contributed by atoms with Gasteiger partial charge in [-0.1, -0.05) is 20.3 Å². The Kier molecular flexibility index (Phi) is 14.9. The maximum atomic E-state index is 13.0. The molecule has 0 saturated carbocycles. The Balaban J connectivity index is 5.52. The summed E-state index contributed by atoms with van der Waals surface area (Å²) in [5, 5.41) is 16.4. The van der Waals surface area contributed by atoms with Crippen LogP contribution in [-0.4, -0.2) is 71.3 Å². The number of rotatable bonds is 18. The molecule has 0 aliphatic carbocycles. The molecular formula is C21H39N7O7. The van der Waals surface area contributed by atoms with E-state index in [2.05, 4.69) is 16.0 Å². The molecule has 14 nitrogen and oxygen atoms in total. The number of carboxylic acids is 1. The summed E-state index contributed by atoms with van der Waals surface area (Å²) in [6.45, 7) is 4.11. The molecule has 0 heterocycles. The van der Waals surface area contributed by atoms with Gasteiger partial charge in [-0.3, -0.25) is 24.0 Å². The molecule has 0 spiro atoms. The Labute approximate surface area is 204 Å². The fraction of sp³-hybridized carbons (Fsp3) is 0.714. The average Bonchev–Trinajstić information content (AvgIpc) is 2.74. The predicted octanol–water partition coefficient (Wildman–Crippen LogP) is -2.83. The smallest absolute Gasteiger partial charge is 0.326 e. The second-order valence-corrected chi connectivity index (χ2v) is 8.72. The first kappa shape index (κ1) is 31.7. The number of hydrogen-bond donors (Lipinski definition) is 8. The van der Waals surface area contributed by atoms with Crippen LogP contribution in [0.4, 0.5) is 0 Å². The predicted molar refractivity (Wildman–Crippen MR) is 126 cm³/mol. The maximum absolute atomic E-state index is 13.0. The molecule has 14 heteroatoms. The summed E-state index contributed by atoms with van der Waals surface area (Å²) in [5.74, 6) is -5.48. The third-order valence-corrected chi connectivity index (χ3v) is 4.98. The molecule has 5 amide bonds. The Morgan fingerprint density at radius 3 is 1.80 bits per heavy atom. The van der Waals surface area contributed by atoms with E-state index in [1.807, 2.05) is 13.8 Å². The minimum atomic E-state index is -1.63. The van der Waals surface area contributed by atoms with Crippen molar-refractivity contribution < 1.29 is 33.9 Å². The van der Waals surface area contributed by atoms with E-state index >= 15 is 0 Å². The van der Waals surface area contributed by atoms with Crippen LogP contribution in [0.1, 0.15) is 58.8 Å².